The van der Waals surface area contributed by atoms with Crippen molar-refractivity contribution < 1.29 is 23.8 Å². The lowest BCUT2D eigenvalue weighted by Crippen LogP contribution is -2.42. The highest BCUT2D eigenvalue weighted by Gasteiger charge is 2.38. The number of anilines is 1. The Morgan fingerprint density at radius 1 is 0.943 bits per heavy atom. The van der Waals surface area contributed by atoms with Crippen molar-refractivity contribution in [3.63, 3.8) is 0 Å². The summed E-state index contributed by atoms with van der Waals surface area (Å²) in [5.41, 5.74) is 4.53. The number of fused-ring (bicyclic) bond motifs is 3. The van der Waals surface area contributed by atoms with Crippen LogP contribution in [0, 0.1) is 0 Å². The summed E-state index contributed by atoms with van der Waals surface area (Å²) in [6.45, 7) is 4.42. The molecule has 0 aromatic heterocycles. The van der Waals surface area contributed by atoms with Gasteiger partial charge in [-0.25, -0.2) is 0 Å². The molecule has 5 rings (SSSR count). The number of amides is 2. The molecule has 2 amide bonds. The van der Waals surface area contributed by atoms with Gasteiger partial charge in [-0.15, -0.1) is 0 Å². The zero-order valence-corrected chi connectivity index (χ0v) is 20.5. The van der Waals surface area contributed by atoms with Crippen molar-refractivity contribution in [2.45, 2.75) is 25.3 Å². The van der Waals surface area contributed by atoms with E-state index in [4.69, 9.17) is 14.2 Å². The molecular formula is C27H33N3O5. The molecule has 3 aliphatic heterocycles. The Balaban J connectivity index is 1.33. The number of ether oxygens (including phenoxy) is 3. The summed E-state index contributed by atoms with van der Waals surface area (Å²) in [6, 6.07) is 12.1. The Hall–Kier alpha value is -3.26. The predicted octanol–water partition coefficient (Wildman–Crippen LogP) is 2.44. The zero-order valence-electron chi connectivity index (χ0n) is 20.5. The standard InChI is InChI=1S/C27H33N3O5/c1-33-24-6-3-19(15-25(24)34-2)7-9-29-18-27(32)30-10-8-20-4-5-21(28-11-13-35-14-12-28)16-22(20)23(30)17-26(29)31/h3-6,15-16,23H,7-14,17-18H2,1-2H3. The molecule has 2 fully saturated rings. The van der Waals surface area contributed by atoms with Crippen molar-refractivity contribution in [2.24, 2.45) is 0 Å². The number of hydrogen-bond acceptors (Lipinski definition) is 6. The van der Waals surface area contributed by atoms with Crippen LogP contribution in [0.4, 0.5) is 5.69 Å². The molecule has 0 radical (unpaired) electrons. The van der Waals surface area contributed by atoms with Gasteiger partial charge < -0.3 is 28.9 Å². The first-order chi connectivity index (χ1) is 17.1. The number of rotatable bonds is 6. The Morgan fingerprint density at radius 2 is 1.74 bits per heavy atom. The molecule has 186 valence electrons. The van der Waals surface area contributed by atoms with E-state index in [2.05, 4.69) is 23.1 Å². The van der Waals surface area contributed by atoms with Crippen LogP contribution in [0.25, 0.3) is 0 Å². The average Bonchev–Trinajstić information content (AvgIpc) is 3.02. The number of benzene rings is 2. The van der Waals surface area contributed by atoms with Gasteiger partial charge in [-0.05, 0) is 53.8 Å². The maximum absolute atomic E-state index is 13.3. The fourth-order valence-corrected chi connectivity index (χ4v) is 5.36. The van der Waals surface area contributed by atoms with Crippen LogP contribution in [0.3, 0.4) is 0 Å². The van der Waals surface area contributed by atoms with Crippen molar-refractivity contribution in [1.29, 1.82) is 0 Å². The first kappa shape index (κ1) is 23.5. The van der Waals surface area contributed by atoms with Crippen LogP contribution in [0.1, 0.15) is 29.2 Å². The van der Waals surface area contributed by atoms with Crippen LogP contribution >= 0.6 is 0 Å². The molecule has 0 spiro atoms. The van der Waals surface area contributed by atoms with E-state index in [-0.39, 0.29) is 24.4 Å². The minimum Gasteiger partial charge on any atom is -0.493 e. The summed E-state index contributed by atoms with van der Waals surface area (Å²) >= 11 is 0. The monoisotopic (exact) mass is 479 g/mol. The first-order valence-electron chi connectivity index (χ1n) is 12.3. The van der Waals surface area contributed by atoms with Gasteiger partial charge in [0.15, 0.2) is 11.5 Å². The second-order valence-electron chi connectivity index (χ2n) is 9.29. The zero-order chi connectivity index (χ0) is 24.4. The molecule has 8 nitrogen and oxygen atoms in total. The highest BCUT2D eigenvalue weighted by atomic mass is 16.5. The van der Waals surface area contributed by atoms with Crippen LogP contribution in [0.2, 0.25) is 0 Å². The number of carbonyl (C=O) groups excluding carboxylic acids is 2. The summed E-state index contributed by atoms with van der Waals surface area (Å²) in [4.78, 5) is 32.5. The smallest absolute Gasteiger partial charge is 0.242 e. The van der Waals surface area contributed by atoms with Gasteiger partial charge in [0.2, 0.25) is 11.8 Å². The lowest BCUT2D eigenvalue weighted by molar-refractivity contribution is -0.136. The summed E-state index contributed by atoms with van der Waals surface area (Å²) < 4.78 is 16.2. The lowest BCUT2D eigenvalue weighted by atomic mass is 9.90. The molecule has 0 aliphatic carbocycles. The third kappa shape index (κ3) is 4.80. The van der Waals surface area contributed by atoms with E-state index in [0.29, 0.717) is 37.4 Å². The Labute approximate surface area is 206 Å². The van der Waals surface area contributed by atoms with E-state index in [9.17, 15) is 9.59 Å². The van der Waals surface area contributed by atoms with Gasteiger partial charge in [0, 0.05) is 31.9 Å². The topological polar surface area (TPSA) is 71.5 Å². The highest BCUT2D eigenvalue weighted by molar-refractivity contribution is 5.88. The maximum atomic E-state index is 13.3. The maximum Gasteiger partial charge on any atom is 0.242 e. The normalized spacial score (nSPS) is 20.3. The van der Waals surface area contributed by atoms with E-state index in [1.807, 2.05) is 23.1 Å². The van der Waals surface area contributed by atoms with Gasteiger partial charge in [0.05, 0.1) is 46.4 Å². The van der Waals surface area contributed by atoms with Crippen molar-refractivity contribution in [3.05, 3.63) is 53.1 Å². The quantitative estimate of drug-likeness (QED) is 0.634. The minimum atomic E-state index is -0.203. The fourth-order valence-electron chi connectivity index (χ4n) is 5.36. The predicted molar refractivity (Wildman–Crippen MR) is 132 cm³/mol. The van der Waals surface area contributed by atoms with E-state index in [1.165, 1.54) is 5.56 Å². The SMILES string of the molecule is COc1ccc(CCN2CC(=O)N3CCc4ccc(N5CCOCC5)cc4C3CC2=O)cc1OC. The van der Waals surface area contributed by atoms with E-state index in [1.54, 1.807) is 19.1 Å². The second-order valence-corrected chi connectivity index (χ2v) is 9.29. The molecule has 2 saturated heterocycles. The summed E-state index contributed by atoms with van der Waals surface area (Å²) in [6.07, 6.45) is 1.78. The van der Waals surface area contributed by atoms with Gasteiger partial charge in [-0.1, -0.05) is 12.1 Å². The highest BCUT2D eigenvalue weighted by Crippen LogP contribution is 2.37. The van der Waals surface area contributed by atoms with Crippen molar-refractivity contribution in [1.82, 2.24) is 9.80 Å². The molecule has 3 heterocycles. The largest absolute Gasteiger partial charge is 0.493 e. The van der Waals surface area contributed by atoms with Crippen LogP contribution in [-0.4, -0.2) is 81.8 Å². The third-order valence-corrected chi connectivity index (χ3v) is 7.35. The van der Waals surface area contributed by atoms with Crippen LogP contribution < -0.4 is 14.4 Å². The fraction of sp³-hybridized carbons (Fsp3) is 0.481. The molecule has 3 aliphatic rings. The molecule has 0 saturated carbocycles. The number of morpholine rings is 1. The van der Waals surface area contributed by atoms with Gasteiger partial charge in [-0.2, -0.15) is 0 Å². The molecule has 2 aromatic carbocycles. The number of nitrogens with zero attached hydrogens (tertiary/aromatic N) is 3. The van der Waals surface area contributed by atoms with Gasteiger partial charge in [-0.3, -0.25) is 9.59 Å². The Morgan fingerprint density at radius 3 is 2.51 bits per heavy atom. The Kier molecular flexibility index (Phi) is 6.81. The Bertz CT molecular complexity index is 1100. The molecule has 2 aromatic rings. The molecule has 0 bridgehead atoms. The molecule has 1 atom stereocenters. The van der Waals surface area contributed by atoms with E-state index in [0.717, 1.165) is 49.5 Å². The average molecular weight is 480 g/mol. The van der Waals surface area contributed by atoms with Crippen LogP contribution in [0.15, 0.2) is 36.4 Å². The minimum absolute atomic E-state index is 0.0237. The van der Waals surface area contributed by atoms with Gasteiger partial charge >= 0.3 is 0 Å². The van der Waals surface area contributed by atoms with Crippen LogP contribution in [-0.2, 0) is 27.2 Å². The van der Waals surface area contributed by atoms with E-state index >= 15 is 0 Å². The van der Waals surface area contributed by atoms with Crippen molar-refractivity contribution in [2.75, 3.05) is 65.1 Å². The number of hydrogen-bond donors (Lipinski definition) is 0. The van der Waals surface area contributed by atoms with E-state index < -0.39 is 0 Å². The molecule has 8 heteroatoms. The van der Waals surface area contributed by atoms with Gasteiger partial charge in [0.25, 0.3) is 0 Å². The summed E-state index contributed by atoms with van der Waals surface area (Å²) in [5, 5.41) is 0. The number of methoxy groups -OCH3 is 2. The van der Waals surface area contributed by atoms with Crippen LogP contribution in [0.5, 0.6) is 11.5 Å². The number of carbonyl (C=O) groups is 2. The molecular weight excluding hydrogens is 446 g/mol. The summed E-state index contributed by atoms with van der Waals surface area (Å²) in [7, 11) is 3.22. The lowest BCUT2D eigenvalue weighted by Gasteiger charge is -2.37. The molecule has 35 heavy (non-hydrogen) atoms. The molecule has 0 N–H and O–H groups in total. The van der Waals surface area contributed by atoms with Crippen molar-refractivity contribution in [3.8, 4) is 11.5 Å². The third-order valence-electron chi connectivity index (χ3n) is 7.35. The second kappa shape index (κ2) is 10.2. The first-order valence-corrected chi connectivity index (χ1v) is 12.3. The summed E-state index contributed by atoms with van der Waals surface area (Å²) in [5.74, 6) is 1.38. The molecule has 1 unspecified atom stereocenters. The van der Waals surface area contributed by atoms with Gasteiger partial charge in [0.1, 0.15) is 0 Å². The van der Waals surface area contributed by atoms with Crippen molar-refractivity contribution >= 4 is 17.5 Å².